The van der Waals surface area contributed by atoms with Gasteiger partial charge in [-0.3, -0.25) is 0 Å². The van der Waals surface area contributed by atoms with Gasteiger partial charge >= 0.3 is 0 Å². The van der Waals surface area contributed by atoms with Crippen LogP contribution in [0.1, 0.15) is 31.8 Å². The van der Waals surface area contributed by atoms with E-state index in [1.165, 1.54) is 6.20 Å². The molecule has 0 saturated carbocycles. The summed E-state index contributed by atoms with van der Waals surface area (Å²) in [4.78, 5) is 8.20. The molecule has 0 N–H and O–H groups in total. The van der Waals surface area contributed by atoms with Crippen LogP contribution in [0.2, 0.25) is 0 Å². The Morgan fingerprint density at radius 2 is 2.05 bits per heavy atom. The molecular weight excluding hydrogens is 300 g/mol. The van der Waals surface area contributed by atoms with Crippen LogP contribution >= 0.6 is 10.7 Å². The molecule has 0 aliphatic rings. The first-order valence-corrected chi connectivity index (χ1v) is 8.76. The third-order valence-corrected chi connectivity index (χ3v) is 4.17. The van der Waals surface area contributed by atoms with Gasteiger partial charge in [-0.05, 0) is 6.42 Å². The van der Waals surface area contributed by atoms with Gasteiger partial charge in [0.2, 0.25) is 0 Å². The Balaban J connectivity index is 2.33. The van der Waals surface area contributed by atoms with E-state index in [1.807, 2.05) is 11.5 Å². The first-order valence-electron chi connectivity index (χ1n) is 6.45. The predicted octanol–water partition coefficient (Wildman–Crippen LogP) is 2.03. The standard InChI is InChI=1S/C12H17ClN4O2S/c1-3-5-16-9-14-6-10(16)7-17-8-12(20(13,18)19)15-11(17)4-2/h6,8-9H,3-5,7H2,1-2H3. The van der Waals surface area contributed by atoms with Gasteiger partial charge in [0.1, 0.15) is 5.82 Å². The summed E-state index contributed by atoms with van der Waals surface area (Å²) in [6.07, 6.45) is 6.68. The number of halogens is 1. The minimum absolute atomic E-state index is 0.0995. The Morgan fingerprint density at radius 1 is 1.30 bits per heavy atom. The Kier molecular flexibility index (Phi) is 4.49. The van der Waals surface area contributed by atoms with E-state index in [2.05, 4.69) is 16.9 Å². The van der Waals surface area contributed by atoms with E-state index in [4.69, 9.17) is 10.7 Å². The van der Waals surface area contributed by atoms with Crippen LogP contribution < -0.4 is 0 Å². The lowest BCUT2D eigenvalue weighted by atomic mass is 10.4. The third-order valence-electron chi connectivity index (χ3n) is 3.00. The van der Waals surface area contributed by atoms with E-state index in [0.29, 0.717) is 18.8 Å². The van der Waals surface area contributed by atoms with Gasteiger partial charge in [-0.1, -0.05) is 13.8 Å². The van der Waals surface area contributed by atoms with Crippen molar-refractivity contribution < 1.29 is 8.42 Å². The van der Waals surface area contributed by atoms with Crippen LogP contribution in [0.3, 0.4) is 0 Å². The van der Waals surface area contributed by atoms with E-state index < -0.39 is 9.05 Å². The maximum Gasteiger partial charge on any atom is 0.280 e. The van der Waals surface area contributed by atoms with Crippen LogP contribution in [-0.2, 0) is 28.6 Å². The molecule has 0 unspecified atom stereocenters. The number of hydrogen-bond donors (Lipinski definition) is 0. The highest BCUT2D eigenvalue weighted by atomic mass is 35.7. The summed E-state index contributed by atoms with van der Waals surface area (Å²) in [6.45, 7) is 5.43. The molecule has 8 heteroatoms. The SMILES string of the molecule is CCCn1cncc1Cn1cc(S(=O)(=O)Cl)nc1CC. The van der Waals surface area contributed by atoms with Gasteiger partial charge < -0.3 is 9.13 Å². The average molecular weight is 317 g/mol. The fraction of sp³-hybridized carbons (Fsp3) is 0.500. The Hall–Kier alpha value is -1.34. The molecule has 0 aliphatic heterocycles. The molecule has 20 heavy (non-hydrogen) atoms. The zero-order chi connectivity index (χ0) is 14.8. The molecule has 0 fully saturated rings. The molecule has 2 aromatic heterocycles. The second-order valence-electron chi connectivity index (χ2n) is 4.49. The molecule has 0 radical (unpaired) electrons. The molecule has 0 aromatic carbocycles. The maximum atomic E-state index is 11.4. The fourth-order valence-corrected chi connectivity index (χ4v) is 2.75. The third kappa shape index (κ3) is 3.21. The largest absolute Gasteiger partial charge is 0.333 e. The first-order chi connectivity index (χ1) is 9.45. The van der Waals surface area contributed by atoms with Crippen LogP contribution in [0, 0.1) is 0 Å². The van der Waals surface area contributed by atoms with Gasteiger partial charge in [-0.2, -0.15) is 0 Å². The van der Waals surface area contributed by atoms with Crippen molar-refractivity contribution in [1.82, 2.24) is 19.1 Å². The average Bonchev–Trinajstić information content (AvgIpc) is 2.97. The summed E-state index contributed by atoms with van der Waals surface area (Å²) in [5.74, 6) is 0.688. The van der Waals surface area contributed by atoms with Gasteiger partial charge in [0.25, 0.3) is 9.05 Å². The molecule has 0 atom stereocenters. The Morgan fingerprint density at radius 3 is 2.65 bits per heavy atom. The Labute approximate surface area is 122 Å². The van der Waals surface area contributed by atoms with Crippen molar-refractivity contribution in [2.75, 3.05) is 0 Å². The second-order valence-corrected chi connectivity index (χ2v) is 7.01. The summed E-state index contributed by atoms with van der Waals surface area (Å²) in [5.41, 5.74) is 1.01. The van der Waals surface area contributed by atoms with Crippen molar-refractivity contribution in [2.45, 2.75) is 44.8 Å². The smallest absolute Gasteiger partial charge is 0.280 e. The highest BCUT2D eigenvalue weighted by Gasteiger charge is 2.17. The number of rotatable bonds is 6. The van der Waals surface area contributed by atoms with Gasteiger partial charge in [0.15, 0.2) is 5.03 Å². The topological polar surface area (TPSA) is 69.8 Å². The normalized spacial score (nSPS) is 11.9. The number of imidazole rings is 2. The lowest BCUT2D eigenvalue weighted by Gasteiger charge is -2.09. The molecule has 0 saturated heterocycles. The van der Waals surface area contributed by atoms with Crippen molar-refractivity contribution in [3.05, 3.63) is 30.2 Å². The molecule has 110 valence electrons. The molecular formula is C12H17ClN4O2S. The molecule has 6 nitrogen and oxygen atoms in total. The van der Waals surface area contributed by atoms with Crippen LogP contribution in [0.4, 0.5) is 0 Å². The lowest BCUT2D eigenvalue weighted by molar-refractivity contribution is 0.606. The number of hydrogen-bond acceptors (Lipinski definition) is 4. The fourth-order valence-electron chi connectivity index (χ4n) is 2.06. The first kappa shape index (κ1) is 15.1. The summed E-state index contributed by atoms with van der Waals surface area (Å²) < 4.78 is 26.6. The van der Waals surface area contributed by atoms with E-state index in [9.17, 15) is 8.42 Å². The zero-order valence-electron chi connectivity index (χ0n) is 11.5. The predicted molar refractivity (Wildman–Crippen MR) is 76.3 cm³/mol. The molecule has 2 rings (SSSR count). The quantitative estimate of drug-likeness (QED) is 0.765. The minimum Gasteiger partial charge on any atom is -0.333 e. The summed E-state index contributed by atoms with van der Waals surface area (Å²) in [6, 6.07) is 0. The molecule has 2 heterocycles. The lowest BCUT2D eigenvalue weighted by Crippen LogP contribution is -2.08. The second kappa shape index (κ2) is 5.97. The van der Waals surface area contributed by atoms with Gasteiger partial charge in [-0.25, -0.2) is 18.4 Å². The summed E-state index contributed by atoms with van der Waals surface area (Å²) in [7, 11) is 1.55. The number of aromatic nitrogens is 4. The molecule has 0 spiro atoms. The van der Waals surface area contributed by atoms with Crippen molar-refractivity contribution >= 4 is 19.7 Å². The van der Waals surface area contributed by atoms with Crippen LogP contribution in [0.15, 0.2) is 23.7 Å². The van der Waals surface area contributed by atoms with E-state index in [1.54, 1.807) is 17.1 Å². The van der Waals surface area contributed by atoms with Crippen LogP contribution in [-0.4, -0.2) is 27.5 Å². The summed E-state index contributed by atoms with van der Waals surface area (Å²) >= 11 is 0. The van der Waals surface area contributed by atoms with E-state index in [-0.39, 0.29) is 5.03 Å². The van der Waals surface area contributed by atoms with Gasteiger partial charge in [0.05, 0.1) is 18.6 Å². The zero-order valence-corrected chi connectivity index (χ0v) is 13.0. The highest BCUT2D eigenvalue weighted by Crippen LogP contribution is 2.16. The van der Waals surface area contributed by atoms with Crippen LogP contribution in [0.25, 0.3) is 0 Å². The van der Waals surface area contributed by atoms with Crippen molar-refractivity contribution in [3.8, 4) is 0 Å². The minimum atomic E-state index is -3.80. The van der Waals surface area contributed by atoms with Gasteiger partial charge in [0, 0.05) is 36.0 Å². The molecule has 0 aliphatic carbocycles. The Bertz CT molecular complexity index is 690. The molecule has 2 aromatic rings. The van der Waals surface area contributed by atoms with Gasteiger partial charge in [-0.15, -0.1) is 0 Å². The monoisotopic (exact) mass is 316 g/mol. The van der Waals surface area contributed by atoms with E-state index >= 15 is 0 Å². The van der Waals surface area contributed by atoms with Crippen molar-refractivity contribution in [3.63, 3.8) is 0 Å². The maximum absolute atomic E-state index is 11.4. The molecule has 0 amide bonds. The number of aryl methyl sites for hydroxylation is 2. The van der Waals surface area contributed by atoms with Crippen molar-refractivity contribution in [2.24, 2.45) is 0 Å². The molecule has 0 bridgehead atoms. The van der Waals surface area contributed by atoms with Crippen molar-refractivity contribution in [1.29, 1.82) is 0 Å². The number of nitrogens with zero attached hydrogens (tertiary/aromatic N) is 4. The van der Waals surface area contributed by atoms with E-state index in [0.717, 1.165) is 18.7 Å². The van der Waals surface area contributed by atoms with Crippen LogP contribution in [0.5, 0.6) is 0 Å². The highest BCUT2D eigenvalue weighted by molar-refractivity contribution is 8.13. The summed E-state index contributed by atoms with van der Waals surface area (Å²) in [5, 5.41) is -0.0995.